The van der Waals surface area contributed by atoms with Crippen LogP contribution in [0.1, 0.15) is 24.8 Å². The summed E-state index contributed by atoms with van der Waals surface area (Å²) in [6.45, 7) is 3.70. The topological polar surface area (TPSA) is 276 Å². The van der Waals surface area contributed by atoms with Crippen molar-refractivity contribution in [2.24, 2.45) is 16.5 Å². The molecule has 0 unspecified atom stereocenters. The molecule has 2 aliphatic heterocycles. The van der Waals surface area contributed by atoms with Crippen molar-refractivity contribution in [1.29, 1.82) is 0 Å². The van der Waals surface area contributed by atoms with E-state index in [0.29, 0.717) is 18.6 Å². The zero-order valence-electron chi connectivity index (χ0n) is 27.3. The molecule has 2 heterocycles. The van der Waals surface area contributed by atoms with Crippen LogP contribution in [0.5, 0.6) is 0 Å². The first-order chi connectivity index (χ1) is 23.2. The number of carbonyl (C=O) groups is 7. The number of nitrogens with one attached hydrogen (secondary N) is 4. The highest BCUT2D eigenvalue weighted by Gasteiger charge is 2.47. The van der Waals surface area contributed by atoms with E-state index in [-0.39, 0.29) is 25.3 Å². The molecule has 2 saturated heterocycles. The molecular formula is C29H41F3N8O9Si. The highest BCUT2D eigenvalue weighted by Crippen LogP contribution is 2.28. The van der Waals surface area contributed by atoms with E-state index in [1.165, 1.54) is 4.90 Å². The minimum absolute atomic E-state index is 0.0689. The summed E-state index contributed by atoms with van der Waals surface area (Å²) in [7, 11) is -2.10. The molecule has 50 heavy (non-hydrogen) atoms. The normalized spacial score (nSPS) is 22.9. The molecule has 17 nitrogen and oxygen atoms in total. The zero-order valence-corrected chi connectivity index (χ0v) is 28.3. The Kier molecular flexibility index (Phi) is 14.7. The number of hydrogen-bond acceptors (Lipinski definition) is 8. The van der Waals surface area contributed by atoms with Crippen molar-refractivity contribution in [3.05, 3.63) is 35.9 Å². The third kappa shape index (κ3) is 13.4. The average molecular weight is 731 g/mol. The fourth-order valence-electron chi connectivity index (χ4n) is 5.22. The summed E-state index contributed by atoms with van der Waals surface area (Å²) in [6.07, 6.45) is -4.97. The van der Waals surface area contributed by atoms with Gasteiger partial charge in [0.2, 0.25) is 29.5 Å². The molecule has 1 aromatic carbocycles. The van der Waals surface area contributed by atoms with E-state index in [1.807, 2.05) is 13.1 Å². The molecular weight excluding hydrogens is 689 g/mol. The minimum atomic E-state index is -5.08. The maximum absolute atomic E-state index is 14.1. The molecule has 0 saturated carbocycles. The number of guanidine groups is 1. The Morgan fingerprint density at radius 3 is 2.10 bits per heavy atom. The van der Waals surface area contributed by atoms with Crippen LogP contribution in [0.15, 0.2) is 35.3 Å². The summed E-state index contributed by atoms with van der Waals surface area (Å²) in [5, 5.41) is 26.7. The van der Waals surface area contributed by atoms with Crippen molar-refractivity contribution >= 4 is 55.5 Å². The average Bonchev–Trinajstić information content (AvgIpc) is 3.35. The Balaban J connectivity index is 0.00000112. The number of carbonyl (C=O) groups excluding carboxylic acids is 5. The van der Waals surface area contributed by atoms with Gasteiger partial charge in [-0.05, 0) is 24.4 Å². The molecule has 4 atom stereocenters. The monoisotopic (exact) mass is 730 g/mol. The van der Waals surface area contributed by atoms with Gasteiger partial charge in [0.25, 0.3) is 0 Å². The molecule has 0 radical (unpaired) electrons. The molecule has 0 aliphatic carbocycles. The third-order valence-electron chi connectivity index (χ3n) is 7.48. The number of carboxylic acids is 2. The maximum Gasteiger partial charge on any atom is 0.490 e. The number of rotatable bonds is 8. The lowest BCUT2D eigenvalue weighted by Gasteiger charge is -2.30. The number of nitrogens with two attached hydrogens (primary N) is 2. The van der Waals surface area contributed by atoms with E-state index in [1.54, 1.807) is 30.3 Å². The van der Waals surface area contributed by atoms with Crippen LogP contribution in [0.25, 0.3) is 0 Å². The smallest absolute Gasteiger partial charge is 0.481 e. The summed E-state index contributed by atoms with van der Waals surface area (Å²) >= 11 is 0. The third-order valence-corrected chi connectivity index (χ3v) is 10.2. The summed E-state index contributed by atoms with van der Waals surface area (Å²) < 4.78 is 31.7. The fourth-order valence-corrected chi connectivity index (χ4v) is 8.10. The molecule has 5 amide bonds. The summed E-state index contributed by atoms with van der Waals surface area (Å²) in [6, 6.07) is 4.72. The van der Waals surface area contributed by atoms with Gasteiger partial charge in [0.1, 0.15) is 24.2 Å². The van der Waals surface area contributed by atoms with E-state index in [4.69, 9.17) is 21.4 Å². The number of carboxylic acid groups (broad SMARTS) is 2. The molecule has 3 rings (SSSR count). The number of nitrogens with zero attached hydrogens (tertiary/aromatic N) is 2. The number of alkyl halides is 3. The summed E-state index contributed by atoms with van der Waals surface area (Å²) in [5.41, 5.74) is 11.5. The molecule has 2 fully saturated rings. The lowest BCUT2D eigenvalue weighted by molar-refractivity contribution is -0.192. The van der Waals surface area contributed by atoms with Crippen LogP contribution in [0.3, 0.4) is 0 Å². The molecule has 2 aliphatic rings. The zero-order chi connectivity index (χ0) is 37.8. The van der Waals surface area contributed by atoms with Gasteiger partial charge in [-0.3, -0.25) is 33.8 Å². The number of aliphatic carboxylic acids is 2. The molecule has 1 aromatic rings. The second-order valence-corrected chi connectivity index (χ2v) is 17.4. The first kappa shape index (κ1) is 41.0. The lowest BCUT2D eigenvalue weighted by atomic mass is 10.0. The predicted molar refractivity (Wildman–Crippen MR) is 173 cm³/mol. The van der Waals surface area contributed by atoms with Crippen molar-refractivity contribution in [2.75, 3.05) is 19.3 Å². The van der Waals surface area contributed by atoms with Crippen LogP contribution in [-0.2, 0) is 40.0 Å². The Hall–Kier alpha value is -5.21. The number of fused-ring (bicyclic) bond motifs is 1. The van der Waals surface area contributed by atoms with Gasteiger partial charge in [-0.15, -0.1) is 0 Å². The fraction of sp³-hybridized carbons (Fsp3) is 0.517. The number of benzene rings is 1. The standard InChI is InChI=1S/C27H40N8O7Si.C2HF3O2/c1-43(2)14-20-25(41)33-17(9-6-10-30-27(28)29)23(39)31-13-21(36)32-18(12-22(37)38)24(40)34-19(26(42)35(20)15-43)11-16-7-4-3-5-8-16;3-2(4,5)1(6)7/h3-5,7-8,17-20H,6,9-15H2,1-2H3,(H,31,39)(H,32,36)(H,33,41)(H,34,40)(H,37,38)(H4,28,29,30);(H,6,7)/t17-,18-,19+,20+;/m0./s1. The van der Waals surface area contributed by atoms with Crippen LogP contribution < -0.4 is 32.7 Å². The first-order valence-electron chi connectivity index (χ1n) is 15.3. The number of aliphatic imine (C=N–C) groups is 1. The van der Waals surface area contributed by atoms with Gasteiger partial charge in [-0.1, -0.05) is 43.4 Å². The van der Waals surface area contributed by atoms with Gasteiger partial charge in [-0.25, -0.2) is 4.79 Å². The van der Waals surface area contributed by atoms with Gasteiger partial charge < -0.3 is 47.8 Å². The van der Waals surface area contributed by atoms with E-state index in [2.05, 4.69) is 26.3 Å². The molecule has 0 aromatic heterocycles. The van der Waals surface area contributed by atoms with Gasteiger partial charge in [0, 0.05) is 19.1 Å². The highest BCUT2D eigenvalue weighted by molar-refractivity contribution is 6.79. The second kappa shape index (κ2) is 18.0. The van der Waals surface area contributed by atoms with Crippen LogP contribution in [0.2, 0.25) is 19.1 Å². The molecule has 276 valence electrons. The van der Waals surface area contributed by atoms with Crippen molar-refractivity contribution < 1.29 is 56.9 Å². The van der Waals surface area contributed by atoms with Crippen molar-refractivity contribution in [3.8, 4) is 0 Å². The maximum atomic E-state index is 14.1. The van der Waals surface area contributed by atoms with Crippen LogP contribution in [-0.4, -0.2) is 120 Å². The van der Waals surface area contributed by atoms with E-state index >= 15 is 0 Å². The lowest BCUT2D eigenvalue weighted by Crippen LogP contribution is -2.58. The molecule has 21 heteroatoms. The number of amides is 5. The van der Waals surface area contributed by atoms with Crippen LogP contribution in [0, 0.1) is 0 Å². The largest absolute Gasteiger partial charge is 0.490 e. The van der Waals surface area contributed by atoms with Crippen molar-refractivity contribution in [3.63, 3.8) is 0 Å². The number of hydrogen-bond donors (Lipinski definition) is 8. The van der Waals surface area contributed by atoms with Gasteiger partial charge in [-0.2, -0.15) is 13.2 Å². The number of halogens is 3. The second-order valence-electron chi connectivity index (χ2n) is 12.3. The van der Waals surface area contributed by atoms with Crippen molar-refractivity contribution in [2.45, 2.75) is 75.2 Å². The summed E-state index contributed by atoms with van der Waals surface area (Å²) in [4.78, 5) is 92.7. The summed E-state index contributed by atoms with van der Waals surface area (Å²) in [5.74, 6) is -7.64. The molecule has 10 N–H and O–H groups in total. The molecule has 0 spiro atoms. The van der Waals surface area contributed by atoms with Crippen molar-refractivity contribution in [1.82, 2.24) is 26.2 Å². The highest BCUT2D eigenvalue weighted by atomic mass is 28.3. The quantitative estimate of drug-likeness (QED) is 0.0655. The Bertz CT molecular complexity index is 1460. The van der Waals surface area contributed by atoms with E-state index in [9.17, 15) is 47.0 Å². The Morgan fingerprint density at radius 1 is 0.940 bits per heavy atom. The first-order valence-corrected chi connectivity index (χ1v) is 18.7. The van der Waals surface area contributed by atoms with Crippen LogP contribution in [0.4, 0.5) is 13.2 Å². The molecule has 0 bridgehead atoms. The minimum Gasteiger partial charge on any atom is -0.481 e. The Labute approximate surface area is 285 Å². The SMILES string of the molecule is C[Si]1(C)C[C@@H]2C(=O)N[C@@H](CCCN=C(N)N)C(=O)NCC(=O)N[C@@H](CC(=O)O)C(=O)N[C@H](Cc3ccccc3)C(=O)N2C1.O=C(O)C(F)(F)F. The van der Waals surface area contributed by atoms with Gasteiger partial charge >= 0.3 is 18.1 Å². The predicted octanol–water partition coefficient (Wildman–Crippen LogP) is -1.57. The van der Waals surface area contributed by atoms with Crippen LogP contribution >= 0.6 is 0 Å². The van der Waals surface area contributed by atoms with E-state index < -0.39 is 92.9 Å². The Morgan fingerprint density at radius 2 is 1.54 bits per heavy atom. The van der Waals surface area contributed by atoms with E-state index in [0.717, 1.165) is 5.56 Å². The van der Waals surface area contributed by atoms with Gasteiger partial charge in [0.05, 0.1) is 21.0 Å². The van der Waals surface area contributed by atoms with Gasteiger partial charge in [0.15, 0.2) is 5.96 Å².